The van der Waals surface area contributed by atoms with Gasteiger partial charge in [0.1, 0.15) is 0 Å². The highest BCUT2D eigenvalue weighted by Crippen LogP contribution is 2.53. The molecule has 0 saturated carbocycles. The van der Waals surface area contributed by atoms with E-state index in [1.165, 1.54) is 105 Å². The zero-order valence-electron chi connectivity index (χ0n) is 38.4. The maximum atomic E-state index is 2.61. The Morgan fingerprint density at radius 3 is 1.04 bits per heavy atom. The van der Waals surface area contributed by atoms with Gasteiger partial charge >= 0.3 is 0 Å². The number of para-hydroxylation sites is 3. The van der Waals surface area contributed by atoms with Gasteiger partial charge in [-0.05, 0) is 34.9 Å². The smallest absolute Gasteiger partial charge is 0.240 e. The third kappa shape index (κ3) is 6.29. The Balaban J connectivity index is 1.08. The lowest BCUT2D eigenvalue weighted by atomic mass is 9.19. The van der Waals surface area contributed by atoms with Gasteiger partial charge in [-0.1, -0.05) is 310 Å². The molecule has 0 aliphatic carbocycles. The van der Waals surface area contributed by atoms with Gasteiger partial charge < -0.3 is 4.90 Å². The molecule has 0 fully saturated rings. The van der Waals surface area contributed by atoms with Gasteiger partial charge in [-0.15, -0.1) is 0 Å². The minimum atomic E-state index is -0.164. The van der Waals surface area contributed by atoms with E-state index in [0.29, 0.717) is 0 Å². The number of rotatable bonds is 6. The number of hydrogen-bond acceptors (Lipinski definition) is 1. The molecular weight excluding hydrogens is 814 g/mol. The van der Waals surface area contributed by atoms with Crippen molar-refractivity contribution in [2.45, 2.75) is 19.3 Å². The Morgan fingerprint density at radius 2 is 0.603 bits per heavy atom. The summed E-state index contributed by atoms with van der Waals surface area (Å²) in [7, 11) is 0. The summed E-state index contributed by atoms with van der Waals surface area (Å²) in [5.74, 6) is 0. The van der Waals surface area contributed by atoms with Crippen molar-refractivity contribution in [1.82, 2.24) is 0 Å². The highest BCUT2D eigenvalue weighted by Gasteiger charge is 2.43. The van der Waals surface area contributed by atoms with Crippen molar-refractivity contribution in [1.29, 1.82) is 0 Å². The van der Waals surface area contributed by atoms with Crippen LogP contribution in [-0.2, 0) is 5.41 Å². The number of nitrogens with zero attached hydrogens (tertiary/aromatic N) is 1. The van der Waals surface area contributed by atoms with E-state index in [1.54, 1.807) is 0 Å². The van der Waals surface area contributed by atoms with Gasteiger partial charge in [0.15, 0.2) is 0 Å². The zero-order valence-corrected chi connectivity index (χ0v) is 38.4. The van der Waals surface area contributed by atoms with Gasteiger partial charge in [0.25, 0.3) is 0 Å². The molecule has 13 rings (SSSR count). The molecule has 0 unspecified atom stereocenters. The molecule has 0 spiro atoms. The second kappa shape index (κ2) is 16.2. The maximum absolute atomic E-state index is 2.61. The largest absolute Gasteiger partial charge is 0.309 e. The van der Waals surface area contributed by atoms with Crippen LogP contribution in [0.25, 0.3) is 11.1 Å². The van der Waals surface area contributed by atoms with Gasteiger partial charge in [0.05, 0.1) is 17.1 Å². The Bertz CT molecular complexity index is 3400. The van der Waals surface area contributed by atoms with E-state index in [9.17, 15) is 0 Å². The lowest BCUT2D eigenvalue weighted by Crippen LogP contribution is -2.76. The van der Waals surface area contributed by atoms with E-state index in [0.717, 1.165) is 0 Å². The molecule has 0 amide bonds. The Morgan fingerprint density at radius 1 is 0.265 bits per heavy atom. The average molecular weight is 861 g/mol. The highest BCUT2D eigenvalue weighted by atomic mass is 15.2. The molecule has 0 N–H and O–H groups in total. The third-order valence-electron chi connectivity index (χ3n) is 15.5. The molecule has 0 radical (unpaired) electrons. The van der Waals surface area contributed by atoms with Crippen molar-refractivity contribution in [3.8, 4) is 11.1 Å². The maximum Gasteiger partial charge on any atom is 0.240 e. The fourth-order valence-electron chi connectivity index (χ4n) is 12.6. The first-order valence-electron chi connectivity index (χ1n) is 24.2. The average Bonchev–Trinajstić information content (AvgIpc) is 3.40. The lowest BCUT2D eigenvalue weighted by Gasteiger charge is -2.42. The minimum absolute atomic E-state index is 0.0311. The fraction of sp³-hybridized carbons (Fsp3) is 0.0476. The molecule has 0 saturated heterocycles. The minimum Gasteiger partial charge on any atom is -0.309 e. The van der Waals surface area contributed by atoms with Gasteiger partial charge in [-0.2, -0.15) is 0 Å². The molecule has 0 bridgehead atoms. The first-order chi connectivity index (χ1) is 33.6. The van der Waals surface area contributed by atoms with Crippen molar-refractivity contribution in [3.63, 3.8) is 0 Å². The van der Waals surface area contributed by atoms with E-state index in [4.69, 9.17) is 0 Å². The molecule has 316 valence electrons. The molecular formula is C63H47B4N. The lowest BCUT2D eigenvalue weighted by molar-refractivity contribution is 0.632. The molecule has 0 aromatic heterocycles. The Kier molecular flexibility index (Phi) is 9.68. The van der Waals surface area contributed by atoms with Crippen LogP contribution in [0.1, 0.15) is 25.0 Å². The summed E-state index contributed by atoms with van der Waals surface area (Å²) in [6, 6.07) is 93.9. The van der Waals surface area contributed by atoms with Crippen molar-refractivity contribution >= 4 is 109 Å². The van der Waals surface area contributed by atoms with Gasteiger partial charge in [0, 0.05) is 11.0 Å². The van der Waals surface area contributed by atoms with E-state index in [-0.39, 0.29) is 32.3 Å². The second-order valence-electron chi connectivity index (χ2n) is 19.4. The van der Waals surface area contributed by atoms with Gasteiger partial charge in [0.2, 0.25) is 26.9 Å². The van der Waals surface area contributed by atoms with Crippen LogP contribution in [0.4, 0.5) is 17.1 Å². The quantitative estimate of drug-likeness (QED) is 0.182. The van der Waals surface area contributed by atoms with Gasteiger partial charge in [-0.25, -0.2) is 0 Å². The van der Waals surface area contributed by atoms with E-state index in [1.807, 2.05) is 0 Å². The second-order valence-corrected chi connectivity index (χ2v) is 19.4. The SMILES string of the molecule is CC1(C)c2ccccc2N(c2ccccc2-c2ccc(B3c4ccccc4B(c4ccccc4)c4ccccc43)cc2B2c3ccccc3B(c3ccccc3)c3ccccc32)c2ccccc21. The topological polar surface area (TPSA) is 3.24 Å². The summed E-state index contributed by atoms with van der Waals surface area (Å²) >= 11 is 0. The van der Waals surface area contributed by atoms with Crippen LogP contribution in [0.15, 0.2) is 249 Å². The summed E-state index contributed by atoms with van der Waals surface area (Å²) in [5.41, 5.74) is 24.8. The summed E-state index contributed by atoms with van der Waals surface area (Å²) in [6.45, 7) is 5.02. The summed E-state index contributed by atoms with van der Waals surface area (Å²) in [5, 5.41) is 0. The Hall–Kier alpha value is -7.74. The first-order valence-corrected chi connectivity index (χ1v) is 24.2. The monoisotopic (exact) mass is 861 g/mol. The number of benzene rings is 10. The number of hydrogen-bond donors (Lipinski definition) is 0. The fourth-order valence-corrected chi connectivity index (χ4v) is 12.6. The molecule has 3 aliphatic rings. The van der Waals surface area contributed by atoms with Crippen LogP contribution in [0.2, 0.25) is 0 Å². The normalized spacial score (nSPS) is 14.0. The first kappa shape index (κ1) is 40.5. The van der Waals surface area contributed by atoms with Crippen molar-refractivity contribution in [2.75, 3.05) is 4.90 Å². The van der Waals surface area contributed by atoms with Gasteiger partial charge in [-0.3, -0.25) is 0 Å². The standard InChI is InChI=1S/C63H47B4N/c1-63(2)49-28-10-21-39-61(49)68(62-40-22-11-29-50(62)63)60-38-20-9-27-48(60)47-42-41-46(66-53-32-14-12-30-51(53)64(44-23-5-3-6-24-44)52-31-13-15-33-54(52)66)43-59(47)67-57-36-18-16-34-55(57)65(45-25-7-4-8-26-45)56-35-17-19-37-58(56)67/h3-43H,1-2H3. The van der Waals surface area contributed by atoms with Crippen LogP contribution < -0.4 is 70.5 Å². The molecule has 0 atom stereocenters. The van der Waals surface area contributed by atoms with Crippen molar-refractivity contribution in [3.05, 3.63) is 260 Å². The predicted molar refractivity (Wildman–Crippen MR) is 296 cm³/mol. The van der Waals surface area contributed by atoms with Crippen LogP contribution in [0.5, 0.6) is 0 Å². The molecule has 1 nitrogen and oxygen atoms in total. The van der Waals surface area contributed by atoms with Crippen LogP contribution in [0.3, 0.4) is 0 Å². The zero-order chi connectivity index (χ0) is 45.3. The van der Waals surface area contributed by atoms with Crippen LogP contribution in [0, 0.1) is 0 Å². The molecule has 5 heteroatoms. The molecule has 10 aromatic carbocycles. The third-order valence-corrected chi connectivity index (χ3v) is 15.5. The van der Waals surface area contributed by atoms with E-state index in [2.05, 4.69) is 267 Å². The van der Waals surface area contributed by atoms with Crippen molar-refractivity contribution < 1.29 is 0 Å². The summed E-state index contributed by atoms with van der Waals surface area (Å²) in [4.78, 5) is 2.54. The van der Waals surface area contributed by atoms with Crippen LogP contribution >= 0.6 is 0 Å². The summed E-state index contributed by atoms with van der Waals surface area (Å²) < 4.78 is 0. The molecule has 10 aromatic rings. The van der Waals surface area contributed by atoms with E-state index >= 15 is 0 Å². The van der Waals surface area contributed by atoms with Crippen molar-refractivity contribution in [2.24, 2.45) is 0 Å². The van der Waals surface area contributed by atoms with Crippen LogP contribution in [-0.4, -0.2) is 26.9 Å². The molecule has 3 heterocycles. The number of fused-ring (bicyclic) bond motifs is 6. The highest BCUT2D eigenvalue weighted by molar-refractivity contribution is 7.13. The molecule has 3 aliphatic heterocycles. The molecule has 68 heavy (non-hydrogen) atoms. The Labute approximate surface area is 402 Å². The number of anilines is 3. The predicted octanol–water partition coefficient (Wildman–Crippen LogP) is 6.15. The summed E-state index contributed by atoms with van der Waals surface area (Å²) in [6.07, 6.45) is 0. The van der Waals surface area contributed by atoms with E-state index < -0.39 is 0 Å².